The lowest BCUT2D eigenvalue weighted by Gasteiger charge is -2.35. The van der Waals surface area contributed by atoms with Gasteiger partial charge in [-0.2, -0.15) is 5.10 Å². The Morgan fingerprint density at radius 3 is 2.35 bits per heavy atom. The normalized spacial score (nSPS) is 16.1. The Hall–Kier alpha value is -2.67. The Labute approximate surface area is 153 Å². The van der Waals surface area contributed by atoms with Crippen molar-refractivity contribution in [3.05, 3.63) is 46.3 Å². The summed E-state index contributed by atoms with van der Waals surface area (Å²) < 4.78 is 0. The first-order valence-corrected chi connectivity index (χ1v) is 8.72. The van der Waals surface area contributed by atoms with Crippen molar-refractivity contribution in [3.8, 4) is 0 Å². The Bertz CT molecular complexity index is 818. The molecule has 1 fully saturated rings. The van der Waals surface area contributed by atoms with Crippen LogP contribution in [0.5, 0.6) is 0 Å². The number of piperazine rings is 1. The van der Waals surface area contributed by atoms with Gasteiger partial charge in [0.25, 0.3) is 0 Å². The Morgan fingerprint density at radius 2 is 1.81 bits per heavy atom. The van der Waals surface area contributed by atoms with Crippen molar-refractivity contribution < 1.29 is 9.59 Å². The van der Waals surface area contributed by atoms with E-state index in [1.165, 1.54) is 4.90 Å². The third-order valence-corrected chi connectivity index (χ3v) is 4.81. The van der Waals surface area contributed by atoms with Crippen LogP contribution < -0.4 is 10.6 Å². The predicted molar refractivity (Wildman–Crippen MR) is 99.8 cm³/mol. The summed E-state index contributed by atoms with van der Waals surface area (Å²) >= 11 is 0. The summed E-state index contributed by atoms with van der Waals surface area (Å²) in [6.07, 6.45) is 0. The summed E-state index contributed by atoms with van der Waals surface area (Å²) in [5, 5.41) is 6.94. The van der Waals surface area contributed by atoms with E-state index in [4.69, 9.17) is 5.73 Å². The van der Waals surface area contributed by atoms with Crippen LogP contribution >= 0.6 is 0 Å². The summed E-state index contributed by atoms with van der Waals surface area (Å²) in [4.78, 5) is 28.7. The molecule has 2 heterocycles. The molecule has 3 rings (SSSR count). The maximum absolute atomic E-state index is 12.8. The van der Waals surface area contributed by atoms with Crippen molar-refractivity contribution in [1.29, 1.82) is 0 Å². The van der Waals surface area contributed by atoms with Crippen LogP contribution in [0.2, 0.25) is 0 Å². The number of nitrogens with one attached hydrogen (secondary N) is 1. The molecule has 1 unspecified atom stereocenters. The average molecular weight is 355 g/mol. The van der Waals surface area contributed by atoms with Gasteiger partial charge >= 0.3 is 0 Å². The monoisotopic (exact) mass is 355 g/mol. The molecule has 26 heavy (non-hydrogen) atoms. The first-order chi connectivity index (χ1) is 12.3. The number of aromatic amines is 1. The van der Waals surface area contributed by atoms with Crippen LogP contribution in [0, 0.1) is 27.7 Å². The standard InChI is InChI=1S/C19H25N5O2/c1-11-7-12(2)9-15(8-11)24-6-5-23(10-16(24)25)19(26)18(20)17-13(3)21-22-14(17)4/h7-9,18H,5-6,10,20H2,1-4H3,(H,21,22). The third kappa shape index (κ3) is 3.35. The molecule has 3 N–H and O–H groups in total. The molecule has 0 spiro atoms. The SMILES string of the molecule is Cc1cc(C)cc(N2CCN(C(=O)C(N)c3c(C)n[nH]c3C)CC2=O)c1. The lowest BCUT2D eigenvalue weighted by molar-refractivity contribution is -0.138. The van der Waals surface area contributed by atoms with Gasteiger partial charge in [0.05, 0.1) is 5.69 Å². The van der Waals surface area contributed by atoms with Gasteiger partial charge in [0.1, 0.15) is 12.6 Å². The molecule has 2 aromatic rings. The number of carbonyl (C=O) groups is 2. The number of hydrogen-bond acceptors (Lipinski definition) is 4. The second-order valence-electron chi connectivity index (χ2n) is 6.98. The molecule has 0 radical (unpaired) electrons. The van der Waals surface area contributed by atoms with Crippen molar-refractivity contribution in [2.45, 2.75) is 33.7 Å². The number of H-pyrrole nitrogens is 1. The van der Waals surface area contributed by atoms with E-state index in [1.807, 2.05) is 39.8 Å². The largest absolute Gasteiger partial charge is 0.330 e. The van der Waals surface area contributed by atoms with Crippen LogP contribution in [0.25, 0.3) is 0 Å². The van der Waals surface area contributed by atoms with Gasteiger partial charge in [-0.05, 0) is 51.0 Å². The fourth-order valence-corrected chi connectivity index (χ4v) is 3.58. The zero-order chi connectivity index (χ0) is 19.0. The molecule has 0 saturated carbocycles. The molecule has 1 aliphatic heterocycles. The fraction of sp³-hybridized carbons (Fsp3) is 0.421. The molecule has 1 saturated heterocycles. The van der Waals surface area contributed by atoms with Gasteiger partial charge < -0.3 is 15.5 Å². The Morgan fingerprint density at radius 1 is 1.15 bits per heavy atom. The maximum atomic E-state index is 12.8. The lowest BCUT2D eigenvalue weighted by atomic mass is 10.0. The number of amides is 2. The minimum atomic E-state index is -0.811. The molecule has 7 heteroatoms. The van der Waals surface area contributed by atoms with Crippen LogP contribution in [0.4, 0.5) is 5.69 Å². The van der Waals surface area contributed by atoms with E-state index >= 15 is 0 Å². The van der Waals surface area contributed by atoms with Crippen molar-refractivity contribution in [3.63, 3.8) is 0 Å². The molecule has 0 aliphatic carbocycles. The van der Waals surface area contributed by atoms with Crippen LogP contribution in [0.3, 0.4) is 0 Å². The first-order valence-electron chi connectivity index (χ1n) is 8.72. The summed E-state index contributed by atoms with van der Waals surface area (Å²) in [7, 11) is 0. The van der Waals surface area contributed by atoms with Gasteiger partial charge in [-0.15, -0.1) is 0 Å². The highest BCUT2D eigenvalue weighted by molar-refractivity contribution is 5.98. The summed E-state index contributed by atoms with van der Waals surface area (Å²) in [5.74, 6) is -0.339. The molecule has 1 aliphatic rings. The molecule has 1 aromatic heterocycles. The van der Waals surface area contributed by atoms with Gasteiger partial charge in [-0.25, -0.2) is 0 Å². The summed E-state index contributed by atoms with van der Waals surface area (Å²) in [6.45, 7) is 8.63. The van der Waals surface area contributed by atoms with E-state index in [2.05, 4.69) is 16.3 Å². The van der Waals surface area contributed by atoms with E-state index in [1.54, 1.807) is 4.90 Å². The number of nitrogens with zero attached hydrogens (tertiary/aromatic N) is 3. The van der Waals surface area contributed by atoms with Crippen LogP contribution in [-0.2, 0) is 9.59 Å². The highest BCUT2D eigenvalue weighted by atomic mass is 16.2. The number of carbonyl (C=O) groups excluding carboxylic acids is 2. The molecule has 138 valence electrons. The van der Waals surface area contributed by atoms with E-state index in [9.17, 15) is 9.59 Å². The number of hydrogen-bond donors (Lipinski definition) is 2. The second-order valence-corrected chi connectivity index (χ2v) is 6.98. The van der Waals surface area contributed by atoms with Crippen LogP contribution in [-0.4, -0.2) is 46.5 Å². The second kappa shape index (κ2) is 6.92. The van der Waals surface area contributed by atoms with Crippen molar-refractivity contribution in [2.24, 2.45) is 5.73 Å². The number of aromatic nitrogens is 2. The van der Waals surface area contributed by atoms with Crippen LogP contribution in [0.1, 0.15) is 34.1 Å². The van der Waals surface area contributed by atoms with Gasteiger partial charge in [-0.3, -0.25) is 14.7 Å². The predicted octanol–water partition coefficient (Wildman–Crippen LogP) is 1.52. The van der Waals surface area contributed by atoms with E-state index in [0.717, 1.165) is 22.5 Å². The molecule has 7 nitrogen and oxygen atoms in total. The van der Waals surface area contributed by atoms with Crippen molar-refractivity contribution >= 4 is 17.5 Å². The number of rotatable bonds is 3. The van der Waals surface area contributed by atoms with Gasteiger partial charge in [-0.1, -0.05) is 6.07 Å². The van der Waals surface area contributed by atoms with Crippen molar-refractivity contribution in [2.75, 3.05) is 24.5 Å². The van der Waals surface area contributed by atoms with Gasteiger partial charge in [0.15, 0.2) is 0 Å². The van der Waals surface area contributed by atoms with Crippen molar-refractivity contribution in [1.82, 2.24) is 15.1 Å². The van der Waals surface area contributed by atoms with E-state index < -0.39 is 6.04 Å². The first kappa shape index (κ1) is 18.1. The molecule has 0 bridgehead atoms. The summed E-state index contributed by atoms with van der Waals surface area (Å²) in [5.41, 5.74) is 11.5. The maximum Gasteiger partial charge on any atom is 0.246 e. The highest BCUT2D eigenvalue weighted by Crippen LogP contribution is 2.23. The molecule has 1 atom stereocenters. The average Bonchev–Trinajstić information content (AvgIpc) is 2.91. The third-order valence-electron chi connectivity index (χ3n) is 4.81. The Balaban J connectivity index is 1.74. The number of nitrogens with two attached hydrogens (primary N) is 1. The lowest BCUT2D eigenvalue weighted by Crippen LogP contribution is -2.54. The minimum absolute atomic E-state index is 0.0372. The van der Waals surface area contributed by atoms with E-state index in [0.29, 0.717) is 24.3 Å². The molecular weight excluding hydrogens is 330 g/mol. The highest BCUT2D eigenvalue weighted by Gasteiger charge is 2.32. The van der Waals surface area contributed by atoms with Gasteiger partial charge in [0, 0.05) is 30.0 Å². The minimum Gasteiger partial charge on any atom is -0.330 e. The fourth-order valence-electron chi connectivity index (χ4n) is 3.58. The Kier molecular flexibility index (Phi) is 4.82. The summed E-state index contributed by atoms with van der Waals surface area (Å²) in [6, 6.07) is 5.25. The van der Waals surface area contributed by atoms with E-state index in [-0.39, 0.29) is 18.4 Å². The number of anilines is 1. The zero-order valence-corrected chi connectivity index (χ0v) is 15.7. The topological polar surface area (TPSA) is 95.3 Å². The smallest absolute Gasteiger partial charge is 0.246 e. The number of benzene rings is 1. The quantitative estimate of drug-likeness (QED) is 0.872. The molecular formula is C19H25N5O2. The molecule has 2 amide bonds. The van der Waals surface area contributed by atoms with Crippen LogP contribution in [0.15, 0.2) is 18.2 Å². The number of aryl methyl sites for hydroxylation is 4. The van der Waals surface area contributed by atoms with Gasteiger partial charge in [0.2, 0.25) is 11.8 Å². The zero-order valence-electron chi connectivity index (χ0n) is 15.7. The molecule has 1 aromatic carbocycles.